The lowest BCUT2D eigenvalue weighted by molar-refractivity contribution is -0.114. The molecule has 31 heavy (non-hydrogen) atoms. The smallest absolute Gasteiger partial charge is 0.252 e. The number of carbonyl (C=O) groups excluding carboxylic acids is 1. The van der Waals surface area contributed by atoms with Gasteiger partial charge < -0.3 is 0 Å². The molecule has 1 heterocycles. The molecule has 1 aliphatic carbocycles. The molecule has 3 aromatic rings. The molecule has 0 atom stereocenters. The Balaban J connectivity index is 1.69. The molecule has 1 saturated carbocycles. The molecule has 1 fully saturated rings. The summed E-state index contributed by atoms with van der Waals surface area (Å²) in [7, 11) is 0. The summed E-state index contributed by atoms with van der Waals surface area (Å²) in [4.78, 5) is 19.9. The van der Waals surface area contributed by atoms with Gasteiger partial charge in [-0.25, -0.2) is 4.98 Å². The van der Waals surface area contributed by atoms with Gasteiger partial charge in [-0.1, -0.05) is 79.9 Å². The van der Waals surface area contributed by atoms with Crippen molar-refractivity contribution in [3.63, 3.8) is 0 Å². The van der Waals surface area contributed by atoms with E-state index in [1.54, 1.807) is 12.3 Å². The molecule has 0 bridgehead atoms. The van der Waals surface area contributed by atoms with Gasteiger partial charge in [-0.3, -0.25) is 9.69 Å². The third kappa shape index (κ3) is 5.11. The maximum atomic E-state index is 13.5. The number of hydrogen-bond acceptors (Lipinski definition) is 2. The third-order valence-electron chi connectivity index (χ3n) is 6.32. The summed E-state index contributed by atoms with van der Waals surface area (Å²) in [6, 6.07) is 24.7. The van der Waals surface area contributed by atoms with Crippen LogP contribution in [0.1, 0.15) is 48.8 Å². The van der Waals surface area contributed by atoms with E-state index in [4.69, 9.17) is 0 Å². The fourth-order valence-corrected chi connectivity index (χ4v) is 4.62. The number of rotatable bonds is 6. The largest absolute Gasteiger partial charge is 0.292 e. The minimum Gasteiger partial charge on any atom is -0.292 e. The molecule has 1 aliphatic rings. The van der Waals surface area contributed by atoms with Crippen LogP contribution in [0.4, 0.5) is 5.82 Å². The Hall–Kier alpha value is -3.20. The molecule has 4 rings (SSSR count). The average molecular weight is 411 g/mol. The highest BCUT2D eigenvalue weighted by Gasteiger charge is 2.37. The molecule has 3 heteroatoms. The molecule has 0 unspecified atom stereocenters. The van der Waals surface area contributed by atoms with Crippen LogP contribution in [0.5, 0.6) is 0 Å². The first-order valence-electron chi connectivity index (χ1n) is 11.2. The molecule has 0 N–H and O–H groups in total. The van der Waals surface area contributed by atoms with Gasteiger partial charge in [-0.15, -0.1) is 0 Å². The summed E-state index contributed by atoms with van der Waals surface area (Å²) in [5.41, 5.74) is 3.41. The Kier molecular flexibility index (Phi) is 6.61. The van der Waals surface area contributed by atoms with Gasteiger partial charge in [0.15, 0.2) is 0 Å². The zero-order chi connectivity index (χ0) is 21.5. The predicted octanol–water partition coefficient (Wildman–Crippen LogP) is 6.34. The lowest BCUT2D eigenvalue weighted by Crippen LogP contribution is -2.45. The van der Waals surface area contributed by atoms with Gasteiger partial charge >= 0.3 is 0 Å². The van der Waals surface area contributed by atoms with Crippen molar-refractivity contribution in [3.05, 3.63) is 102 Å². The second-order valence-corrected chi connectivity index (χ2v) is 8.57. The fraction of sp³-hybridized carbons (Fsp3) is 0.286. The summed E-state index contributed by atoms with van der Waals surface area (Å²) >= 11 is 0. The molecule has 158 valence electrons. The van der Waals surface area contributed by atoms with E-state index < -0.39 is 0 Å². The second kappa shape index (κ2) is 9.74. The lowest BCUT2D eigenvalue weighted by atomic mass is 9.69. The van der Waals surface area contributed by atoms with Crippen molar-refractivity contribution in [2.75, 3.05) is 11.4 Å². The highest BCUT2D eigenvalue weighted by Crippen LogP contribution is 2.41. The first-order valence-corrected chi connectivity index (χ1v) is 11.2. The first-order chi connectivity index (χ1) is 15.2. The summed E-state index contributed by atoms with van der Waals surface area (Å²) in [6.07, 6.45) is 11.2. The maximum Gasteiger partial charge on any atom is 0.252 e. The predicted molar refractivity (Wildman–Crippen MR) is 128 cm³/mol. The number of nitrogens with zero attached hydrogens (tertiary/aromatic N) is 2. The van der Waals surface area contributed by atoms with Crippen molar-refractivity contribution in [3.8, 4) is 0 Å². The first kappa shape index (κ1) is 21.0. The van der Waals surface area contributed by atoms with E-state index in [2.05, 4.69) is 35.3 Å². The van der Waals surface area contributed by atoms with Gasteiger partial charge in [-0.05, 0) is 54.7 Å². The van der Waals surface area contributed by atoms with E-state index in [0.717, 1.165) is 29.8 Å². The highest BCUT2D eigenvalue weighted by molar-refractivity contribution is 6.03. The van der Waals surface area contributed by atoms with Crippen molar-refractivity contribution >= 4 is 17.8 Å². The Morgan fingerprint density at radius 3 is 2.32 bits per heavy atom. The topological polar surface area (TPSA) is 33.2 Å². The average Bonchev–Trinajstić information content (AvgIpc) is 2.83. The number of amides is 1. The molecular formula is C28H30N2O. The highest BCUT2D eigenvalue weighted by atomic mass is 16.2. The molecule has 3 nitrogen and oxygen atoms in total. The standard InChI is InChI=1S/C28H30N2O/c1-23-17-20-29-26(21-23)30(27(31)16-15-24-11-5-2-6-12-24)22-28(18-9-4-10-19-28)25-13-7-3-8-14-25/h2-3,5-8,11-17,20-21H,4,9-10,18-19,22H2,1H3/b16-15-. The molecule has 0 saturated heterocycles. The zero-order valence-corrected chi connectivity index (χ0v) is 18.2. The van der Waals surface area contributed by atoms with E-state index in [-0.39, 0.29) is 11.3 Å². The van der Waals surface area contributed by atoms with Crippen LogP contribution < -0.4 is 4.90 Å². The number of anilines is 1. The van der Waals surface area contributed by atoms with E-state index in [9.17, 15) is 4.79 Å². The van der Waals surface area contributed by atoms with E-state index in [0.29, 0.717) is 6.54 Å². The molecular weight excluding hydrogens is 380 g/mol. The van der Waals surface area contributed by atoms with E-state index >= 15 is 0 Å². The third-order valence-corrected chi connectivity index (χ3v) is 6.32. The summed E-state index contributed by atoms with van der Waals surface area (Å²) < 4.78 is 0. The van der Waals surface area contributed by atoms with Crippen molar-refractivity contribution in [1.29, 1.82) is 0 Å². The van der Waals surface area contributed by atoms with E-state index in [1.807, 2.05) is 60.4 Å². The number of pyridine rings is 1. The number of benzene rings is 2. The number of carbonyl (C=O) groups is 1. The summed E-state index contributed by atoms with van der Waals surface area (Å²) in [5.74, 6) is 0.700. The van der Waals surface area contributed by atoms with Crippen LogP contribution in [0.3, 0.4) is 0 Å². The van der Waals surface area contributed by atoms with Gasteiger partial charge in [0, 0.05) is 24.2 Å². The Morgan fingerprint density at radius 1 is 0.968 bits per heavy atom. The fourth-order valence-electron chi connectivity index (χ4n) is 4.62. The Morgan fingerprint density at radius 2 is 1.65 bits per heavy atom. The Bertz CT molecular complexity index is 1020. The summed E-state index contributed by atoms with van der Waals surface area (Å²) in [5, 5.41) is 0. The van der Waals surface area contributed by atoms with Crippen LogP contribution in [-0.4, -0.2) is 17.4 Å². The van der Waals surface area contributed by atoms with Crippen molar-refractivity contribution in [1.82, 2.24) is 4.98 Å². The second-order valence-electron chi connectivity index (χ2n) is 8.57. The van der Waals surface area contributed by atoms with Crippen LogP contribution >= 0.6 is 0 Å². The SMILES string of the molecule is Cc1ccnc(N(CC2(c3ccccc3)CCCCC2)C(=O)/C=C\c2ccccc2)c1. The molecule has 0 spiro atoms. The number of hydrogen-bond donors (Lipinski definition) is 0. The van der Waals surface area contributed by atoms with Gasteiger partial charge in [0.1, 0.15) is 5.82 Å². The number of aromatic nitrogens is 1. The molecule has 0 radical (unpaired) electrons. The molecule has 0 aliphatic heterocycles. The normalized spacial score (nSPS) is 15.6. The molecule has 1 aromatic heterocycles. The van der Waals surface area contributed by atoms with Crippen molar-refractivity contribution < 1.29 is 4.79 Å². The molecule has 1 amide bonds. The quantitative estimate of drug-likeness (QED) is 0.444. The zero-order valence-electron chi connectivity index (χ0n) is 18.2. The monoisotopic (exact) mass is 410 g/mol. The van der Waals surface area contributed by atoms with Crippen LogP contribution in [0.15, 0.2) is 85.1 Å². The molecule has 2 aromatic carbocycles. The van der Waals surface area contributed by atoms with Gasteiger partial charge in [0.25, 0.3) is 5.91 Å². The van der Waals surface area contributed by atoms with Gasteiger partial charge in [-0.2, -0.15) is 0 Å². The van der Waals surface area contributed by atoms with Gasteiger partial charge in [0.2, 0.25) is 0 Å². The maximum absolute atomic E-state index is 13.5. The van der Waals surface area contributed by atoms with E-state index in [1.165, 1.54) is 24.8 Å². The van der Waals surface area contributed by atoms with Crippen LogP contribution in [-0.2, 0) is 10.2 Å². The lowest BCUT2D eigenvalue weighted by Gasteiger charge is -2.41. The van der Waals surface area contributed by atoms with Crippen LogP contribution in [0.25, 0.3) is 6.08 Å². The summed E-state index contributed by atoms with van der Waals surface area (Å²) in [6.45, 7) is 2.69. The van der Waals surface area contributed by atoms with Crippen molar-refractivity contribution in [2.24, 2.45) is 0 Å². The van der Waals surface area contributed by atoms with Crippen LogP contribution in [0.2, 0.25) is 0 Å². The Labute approximate surface area is 185 Å². The minimum absolute atomic E-state index is 0.0252. The van der Waals surface area contributed by atoms with Crippen molar-refractivity contribution in [2.45, 2.75) is 44.4 Å². The van der Waals surface area contributed by atoms with Crippen LogP contribution in [0, 0.1) is 6.92 Å². The van der Waals surface area contributed by atoms with Gasteiger partial charge in [0.05, 0.1) is 0 Å². The number of aryl methyl sites for hydroxylation is 1. The minimum atomic E-state index is -0.0405.